The SMILES string of the molecule is O=C(CCc1nc2ccccc2[nH]1)NCc1nnc2c(=O)[nH]ccn12. The van der Waals surface area contributed by atoms with Gasteiger partial charge in [-0.05, 0) is 12.1 Å². The van der Waals surface area contributed by atoms with E-state index in [-0.39, 0.29) is 23.7 Å². The molecule has 25 heavy (non-hydrogen) atoms. The summed E-state index contributed by atoms with van der Waals surface area (Å²) in [5, 5.41) is 10.5. The molecule has 9 nitrogen and oxygen atoms in total. The highest BCUT2D eigenvalue weighted by atomic mass is 16.1. The number of nitrogens with one attached hydrogen (secondary N) is 3. The van der Waals surface area contributed by atoms with Crippen molar-refractivity contribution in [3.8, 4) is 0 Å². The predicted octanol–water partition coefficient (Wildman–Crippen LogP) is 0.543. The molecule has 0 bridgehead atoms. The van der Waals surface area contributed by atoms with Crippen molar-refractivity contribution in [2.45, 2.75) is 19.4 Å². The number of hydrogen-bond acceptors (Lipinski definition) is 5. The standard InChI is InChI=1S/C16H15N7O2/c24-14(6-5-12-19-10-3-1-2-4-11(10)20-12)18-9-13-21-22-15-16(25)17-7-8-23(13)15/h1-4,7-8H,5-6,9H2,(H,17,25)(H,18,24)(H,19,20). The van der Waals surface area contributed by atoms with Crippen LogP contribution in [0.4, 0.5) is 0 Å². The first-order chi connectivity index (χ1) is 12.2. The first-order valence-electron chi connectivity index (χ1n) is 7.82. The topological polar surface area (TPSA) is 121 Å². The molecule has 0 aliphatic heterocycles. The number of amides is 1. The number of aromatic amines is 2. The number of benzene rings is 1. The molecule has 0 radical (unpaired) electrons. The molecule has 1 aromatic carbocycles. The summed E-state index contributed by atoms with van der Waals surface area (Å²) in [6.07, 6.45) is 3.97. The normalized spacial score (nSPS) is 11.2. The molecule has 126 valence electrons. The molecule has 4 rings (SSSR count). The Balaban J connectivity index is 1.37. The van der Waals surface area contributed by atoms with Crippen LogP contribution >= 0.6 is 0 Å². The van der Waals surface area contributed by atoms with Crippen molar-refractivity contribution in [2.24, 2.45) is 0 Å². The van der Waals surface area contributed by atoms with Crippen LogP contribution in [0.5, 0.6) is 0 Å². The lowest BCUT2D eigenvalue weighted by molar-refractivity contribution is -0.121. The summed E-state index contributed by atoms with van der Waals surface area (Å²) in [5.74, 6) is 1.15. The summed E-state index contributed by atoms with van der Waals surface area (Å²) in [6, 6.07) is 7.73. The second kappa shape index (κ2) is 6.19. The molecular weight excluding hydrogens is 322 g/mol. The number of hydrogen-bond donors (Lipinski definition) is 3. The van der Waals surface area contributed by atoms with Crippen LogP contribution in [0.3, 0.4) is 0 Å². The van der Waals surface area contributed by atoms with E-state index in [4.69, 9.17) is 0 Å². The van der Waals surface area contributed by atoms with Gasteiger partial charge in [-0.2, -0.15) is 0 Å². The predicted molar refractivity (Wildman–Crippen MR) is 89.9 cm³/mol. The number of fused-ring (bicyclic) bond motifs is 2. The summed E-state index contributed by atoms with van der Waals surface area (Å²) in [7, 11) is 0. The number of imidazole rings is 1. The lowest BCUT2D eigenvalue weighted by atomic mass is 10.3. The molecule has 0 saturated heterocycles. The van der Waals surface area contributed by atoms with Gasteiger partial charge < -0.3 is 15.3 Å². The largest absolute Gasteiger partial charge is 0.349 e. The number of rotatable bonds is 5. The Labute approximate surface area is 141 Å². The van der Waals surface area contributed by atoms with Crippen molar-refractivity contribution in [1.82, 2.24) is 34.9 Å². The van der Waals surface area contributed by atoms with Gasteiger partial charge in [0.1, 0.15) is 5.82 Å². The highest BCUT2D eigenvalue weighted by Gasteiger charge is 2.10. The third kappa shape index (κ3) is 2.99. The van der Waals surface area contributed by atoms with E-state index in [1.807, 2.05) is 24.3 Å². The van der Waals surface area contributed by atoms with Gasteiger partial charge in [0.25, 0.3) is 5.56 Å². The number of para-hydroxylation sites is 2. The van der Waals surface area contributed by atoms with Crippen molar-refractivity contribution in [3.63, 3.8) is 0 Å². The van der Waals surface area contributed by atoms with Crippen molar-refractivity contribution in [2.75, 3.05) is 0 Å². The minimum atomic E-state index is -0.322. The number of aromatic nitrogens is 6. The number of H-pyrrole nitrogens is 2. The van der Waals surface area contributed by atoms with E-state index in [2.05, 4.69) is 30.5 Å². The maximum atomic E-state index is 12.1. The van der Waals surface area contributed by atoms with Gasteiger partial charge in [0.15, 0.2) is 5.82 Å². The van der Waals surface area contributed by atoms with E-state index >= 15 is 0 Å². The van der Waals surface area contributed by atoms with Gasteiger partial charge in [-0.25, -0.2) is 4.98 Å². The molecule has 3 aromatic heterocycles. The fraction of sp³-hybridized carbons (Fsp3) is 0.188. The second-order valence-electron chi connectivity index (χ2n) is 5.58. The van der Waals surface area contributed by atoms with Gasteiger partial charge in [0, 0.05) is 25.2 Å². The molecule has 9 heteroatoms. The fourth-order valence-corrected chi connectivity index (χ4v) is 2.63. The minimum Gasteiger partial charge on any atom is -0.349 e. The Morgan fingerprint density at radius 1 is 1.24 bits per heavy atom. The zero-order chi connectivity index (χ0) is 17.2. The maximum absolute atomic E-state index is 12.1. The van der Waals surface area contributed by atoms with Crippen molar-refractivity contribution < 1.29 is 4.79 Å². The van der Waals surface area contributed by atoms with Crippen LogP contribution in [0.1, 0.15) is 18.1 Å². The third-order valence-corrected chi connectivity index (χ3v) is 3.88. The van der Waals surface area contributed by atoms with Gasteiger partial charge >= 0.3 is 0 Å². The second-order valence-corrected chi connectivity index (χ2v) is 5.58. The quantitative estimate of drug-likeness (QED) is 0.491. The number of carbonyl (C=O) groups excluding carboxylic acids is 1. The van der Waals surface area contributed by atoms with Crippen LogP contribution in [0, 0.1) is 0 Å². The zero-order valence-electron chi connectivity index (χ0n) is 13.2. The average molecular weight is 337 g/mol. The van der Waals surface area contributed by atoms with Crippen molar-refractivity contribution in [1.29, 1.82) is 0 Å². The van der Waals surface area contributed by atoms with E-state index in [9.17, 15) is 9.59 Å². The molecule has 0 spiro atoms. The fourth-order valence-electron chi connectivity index (χ4n) is 2.63. The molecular formula is C16H15N7O2. The molecule has 0 atom stereocenters. The van der Waals surface area contributed by atoms with E-state index < -0.39 is 0 Å². The van der Waals surface area contributed by atoms with Gasteiger partial charge in [-0.15, -0.1) is 10.2 Å². The van der Waals surface area contributed by atoms with Crippen LogP contribution in [0.15, 0.2) is 41.5 Å². The van der Waals surface area contributed by atoms with Crippen LogP contribution in [0.25, 0.3) is 16.7 Å². The summed E-state index contributed by atoms with van der Waals surface area (Å²) < 4.78 is 1.55. The van der Waals surface area contributed by atoms with Crippen LogP contribution in [-0.2, 0) is 17.8 Å². The highest BCUT2D eigenvalue weighted by molar-refractivity contribution is 5.77. The number of nitrogens with zero attached hydrogens (tertiary/aromatic N) is 4. The third-order valence-electron chi connectivity index (χ3n) is 3.88. The monoisotopic (exact) mass is 337 g/mol. The van der Waals surface area contributed by atoms with Gasteiger partial charge in [0.2, 0.25) is 11.6 Å². The first-order valence-corrected chi connectivity index (χ1v) is 7.82. The Hall–Kier alpha value is -3.49. The maximum Gasteiger partial charge on any atom is 0.293 e. The number of carbonyl (C=O) groups is 1. The Bertz CT molecular complexity index is 1080. The summed E-state index contributed by atoms with van der Waals surface area (Å²) in [6.45, 7) is 0.198. The van der Waals surface area contributed by atoms with Gasteiger partial charge in [-0.1, -0.05) is 12.1 Å². The molecule has 3 N–H and O–H groups in total. The van der Waals surface area contributed by atoms with Crippen LogP contribution < -0.4 is 10.9 Å². The molecule has 1 amide bonds. The van der Waals surface area contributed by atoms with Crippen molar-refractivity contribution in [3.05, 3.63) is 58.7 Å². The molecule has 0 saturated carbocycles. The van der Waals surface area contributed by atoms with Gasteiger partial charge in [0.05, 0.1) is 17.6 Å². The minimum absolute atomic E-state index is 0.123. The van der Waals surface area contributed by atoms with Crippen molar-refractivity contribution >= 4 is 22.6 Å². The zero-order valence-corrected chi connectivity index (χ0v) is 13.2. The first kappa shape index (κ1) is 15.1. The highest BCUT2D eigenvalue weighted by Crippen LogP contribution is 2.11. The van der Waals surface area contributed by atoms with Crippen LogP contribution in [-0.4, -0.2) is 35.5 Å². The van der Waals surface area contributed by atoms with E-state index in [0.29, 0.717) is 18.7 Å². The summed E-state index contributed by atoms with van der Waals surface area (Å²) >= 11 is 0. The Morgan fingerprint density at radius 3 is 3.00 bits per heavy atom. The molecule has 0 aliphatic rings. The molecule has 0 unspecified atom stereocenters. The average Bonchev–Trinajstić information content (AvgIpc) is 3.22. The van der Waals surface area contributed by atoms with Crippen LogP contribution in [0.2, 0.25) is 0 Å². The Kier molecular flexibility index (Phi) is 3.73. The summed E-state index contributed by atoms with van der Waals surface area (Å²) in [4.78, 5) is 33.8. The Morgan fingerprint density at radius 2 is 2.12 bits per heavy atom. The smallest absolute Gasteiger partial charge is 0.293 e. The van der Waals surface area contributed by atoms with E-state index in [1.165, 1.54) is 6.20 Å². The lowest BCUT2D eigenvalue weighted by Gasteiger charge is -2.03. The molecule has 3 heterocycles. The lowest BCUT2D eigenvalue weighted by Crippen LogP contribution is -2.24. The molecule has 4 aromatic rings. The van der Waals surface area contributed by atoms with Gasteiger partial charge in [-0.3, -0.25) is 14.0 Å². The number of aryl methyl sites for hydroxylation is 1. The van der Waals surface area contributed by atoms with E-state index in [1.54, 1.807) is 10.6 Å². The molecule has 0 aliphatic carbocycles. The van der Waals surface area contributed by atoms with E-state index in [0.717, 1.165) is 16.9 Å². The molecule has 0 fully saturated rings. The summed E-state index contributed by atoms with van der Waals surface area (Å²) in [5.41, 5.74) is 1.72.